The SMILES string of the molecule is C=C(CCCO)C(=O)OSCC(=S)CC. The number of aliphatic hydroxyl groups is 1. The predicted octanol–water partition coefficient (Wildman–Crippen LogP) is 2.29. The zero-order chi connectivity index (χ0) is 11.7. The normalized spacial score (nSPS) is 9.73. The Morgan fingerprint density at radius 2 is 2.27 bits per heavy atom. The minimum absolute atomic E-state index is 0.0549. The molecule has 0 saturated heterocycles. The Hall–Kier alpha value is -0.390. The lowest BCUT2D eigenvalue weighted by Gasteiger charge is -2.04. The van der Waals surface area contributed by atoms with E-state index in [1.165, 1.54) is 0 Å². The van der Waals surface area contributed by atoms with Crippen molar-refractivity contribution in [2.45, 2.75) is 26.2 Å². The molecule has 0 aromatic rings. The third kappa shape index (κ3) is 7.53. The van der Waals surface area contributed by atoms with Gasteiger partial charge in [-0.25, -0.2) is 4.79 Å². The lowest BCUT2D eigenvalue weighted by Crippen LogP contribution is -2.05. The number of hydrogen-bond donors (Lipinski definition) is 1. The van der Waals surface area contributed by atoms with Gasteiger partial charge in [-0.15, -0.1) is 0 Å². The molecule has 3 nitrogen and oxygen atoms in total. The van der Waals surface area contributed by atoms with Gasteiger partial charge in [0.1, 0.15) is 0 Å². The fraction of sp³-hybridized carbons (Fsp3) is 0.600. The molecule has 0 aliphatic heterocycles. The molecule has 15 heavy (non-hydrogen) atoms. The van der Waals surface area contributed by atoms with E-state index < -0.39 is 5.97 Å². The quantitative estimate of drug-likeness (QED) is 0.406. The van der Waals surface area contributed by atoms with E-state index in [0.717, 1.165) is 23.3 Å². The van der Waals surface area contributed by atoms with Crippen LogP contribution >= 0.6 is 24.3 Å². The maximum absolute atomic E-state index is 11.3. The molecule has 0 aliphatic rings. The molecule has 0 saturated carbocycles. The summed E-state index contributed by atoms with van der Waals surface area (Å²) in [6, 6.07) is 0. The molecule has 0 fully saturated rings. The summed E-state index contributed by atoms with van der Waals surface area (Å²) in [6.07, 6.45) is 1.81. The molecule has 1 N–H and O–H groups in total. The smallest absolute Gasteiger partial charge is 0.345 e. The van der Waals surface area contributed by atoms with E-state index in [1.54, 1.807) is 0 Å². The summed E-state index contributed by atoms with van der Waals surface area (Å²) in [5, 5.41) is 8.56. The Morgan fingerprint density at radius 1 is 1.60 bits per heavy atom. The summed E-state index contributed by atoms with van der Waals surface area (Å²) in [6.45, 7) is 5.60. The number of hydrogen-bond acceptors (Lipinski definition) is 5. The Balaban J connectivity index is 3.64. The lowest BCUT2D eigenvalue weighted by atomic mass is 10.2. The molecular weight excluding hydrogens is 232 g/mol. The number of carbonyl (C=O) groups excluding carboxylic acids is 1. The van der Waals surface area contributed by atoms with Gasteiger partial charge in [-0.1, -0.05) is 25.7 Å². The van der Waals surface area contributed by atoms with Crippen LogP contribution in [0.1, 0.15) is 26.2 Å². The predicted molar refractivity (Wildman–Crippen MR) is 66.9 cm³/mol. The van der Waals surface area contributed by atoms with Crippen molar-refractivity contribution in [1.82, 2.24) is 0 Å². The van der Waals surface area contributed by atoms with Gasteiger partial charge in [0.2, 0.25) is 0 Å². The van der Waals surface area contributed by atoms with Gasteiger partial charge in [0, 0.05) is 17.0 Å². The zero-order valence-corrected chi connectivity index (χ0v) is 10.5. The van der Waals surface area contributed by atoms with E-state index in [-0.39, 0.29) is 6.61 Å². The maximum atomic E-state index is 11.3. The highest BCUT2D eigenvalue weighted by Gasteiger charge is 2.08. The van der Waals surface area contributed by atoms with Crippen LogP contribution in [-0.2, 0) is 8.98 Å². The molecule has 0 aromatic heterocycles. The highest BCUT2D eigenvalue weighted by Crippen LogP contribution is 2.11. The molecule has 0 rings (SSSR count). The minimum atomic E-state index is -0.424. The first kappa shape index (κ1) is 14.6. The van der Waals surface area contributed by atoms with Gasteiger partial charge in [-0.05, 0) is 19.3 Å². The van der Waals surface area contributed by atoms with Crippen molar-refractivity contribution in [3.8, 4) is 0 Å². The monoisotopic (exact) mass is 248 g/mol. The van der Waals surface area contributed by atoms with E-state index in [0.29, 0.717) is 24.2 Å². The van der Waals surface area contributed by atoms with Crippen LogP contribution in [-0.4, -0.2) is 28.3 Å². The molecule has 0 bridgehead atoms. The first-order valence-corrected chi connectivity index (χ1v) is 6.07. The first-order chi connectivity index (χ1) is 7.11. The average Bonchev–Trinajstić information content (AvgIpc) is 2.25. The van der Waals surface area contributed by atoms with Crippen LogP contribution in [0.25, 0.3) is 0 Å². The Kier molecular flexibility index (Phi) is 8.65. The van der Waals surface area contributed by atoms with Gasteiger partial charge >= 0.3 is 5.97 Å². The number of rotatable bonds is 8. The third-order valence-corrected chi connectivity index (χ3v) is 3.03. The molecule has 0 aliphatic carbocycles. The van der Waals surface area contributed by atoms with Crippen LogP contribution < -0.4 is 0 Å². The minimum Gasteiger partial charge on any atom is -0.396 e. The molecular formula is C10H16O3S2. The first-order valence-electron chi connectivity index (χ1n) is 4.76. The van der Waals surface area contributed by atoms with Crippen molar-refractivity contribution in [2.24, 2.45) is 0 Å². The van der Waals surface area contributed by atoms with Crippen molar-refractivity contribution >= 4 is 35.1 Å². The van der Waals surface area contributed by atoms with Crippen molar-refractivity contribution in [2.75, 3.05) is 12.4 Å². The molecule has 86 valence electrons. The lowest BCUT2D eigenvalue weighted by molar-refractivity contribution is -0.129. The van der Waals surface area contributed by atoms with Gasteiger partial charge < -0.3 is 9.29 Å². The van der Waals surface area contributed by atoms with Crippen LogP contribution in [0.15, 0.2) is 12.2 Å². The Labute approximate surface area is 100 Å². The van der Waals surface area contributed by atoms with Gasteiger partial charge in [-0.2, -0.15) is 0 Å². The second-order valence-corrected chi connectivity index (χ2v) is 4.22. The summed E-state index contributed by atoms with van der Waals surface area (Å²) >= 11 is 6.02. The summed E-state index contributed by atoms with van der Waals surface area (Å²) in [4.78, 5) is 12.1. The van der Waals surface area contributed by atoms with E-state index >= 15 is 0 Å². The molecule has 0 heterocycles. The second-order valence-electron chi connectivity index (χ2n) is 2.96. The van der Waals surface area contributed by atoms with E-state index in [1.807, 2.05) is 6.92 Å². The Bertz CT molecular complexity index is 239. The second kappa shape index (κ2) is 8.88. The summed E-state index contributed by atoms with van der Waals surface area (Å²) in [5.41, 5.74) is 0.388. The van der Waals surface area contributed by atoms with Crippen molar-refractivity contribution < 1.29 is 14.1 Å². The van der Waals surface area contributed by atoms with E-state index in [9.17, 15) is 4.79 Å². The van der Waals surface area contributed by atoms with Gasteiger partial charge in [0.15, 0.2) is 0 Å². The van der Waals surface area contributed by atoms with Crippen LogP contribution in [0, 0.1) is 0 Å². The average molecular weight is 248 g/mol. The standard InChI is InChI=1S/C10H16O3S2/c1-3-9(14)7-15-13-10(12)8(2)5-4-6-11/h11H,2-7H2,1H3. The highest BCUT2D eigenvalue weighted by molar-refractivity contribution is 7.97. The number of carbonyl (C=O) groups is 1. The van der Waals surface area contributed by atoms with Gasteiger partial charge in [-0.3, -0.25) is 0 Å². The number of thiocarbonyl (C=S) groups is 1. The van der Waals surface area contributed by atoms with Crippen molar-refractivity contribution in [3.05, 3.63) is 12.2 Å². The summed E-state index contributed by atoms with van der Waals surface area (Å²) < 4.78 is 4.88. The topological polar surface area (TPSA) is 46.5 Å². The van der Waals surface area contributed by atoms with Crippen LogP contribution in [0.4, 0.5) is 0 Å². The van der Waals surface area contributed by atoms with Crippen molar-refractivity contribution in [3.63, 3.8) is 0 Å². The third-order valence-electron chi connectivity index (χ3n) is 1.67. The van der Waals surface area contributed by atoms with Gasteiger partial charge in [0.25, 0.3) is 0 Å². The molecule has 5 heteroatoms. The molecule has 0 spiro atoms. The molecule has 0 aromatic carbocycles. The number of aliphatic hydroxyl groups excluding tert-OH is 1. The van der Waals surface area contributed by atoms with Crippen LogP contribution in [0.5, 0.6) is 0 Å². The zero-order valence-electron chi connectivity index (χ0n) is 8.82. The highest BCUT2D eigenvalue weighted by atomic mass is 32.2. The fourth-order valence-electron chi connectivity index (χ4n) is 0.704. The summed E-state index contributed by atoms with van der Waals surface area (Å²) in [5.74, 6) is 0.123. The van der Waals surface area contributed by atoms with Crippen molar-refractivity contribution in [1.29, 1.82) is 0 Å². The summed E-state index contributed by atoms with van der Waals surface area (Å²) in [7, 11) is 0. The molecule has 0 unspecified atom stereocenters. The molecule has 0 radical (unpaired) electrons. The van der Waals surface area contributed by atoms with E-state index in [2.05, 4.69) is 6.58 Å². The van der Waals surface area contributed by atoms with Gasteiger partial charge in [0.05, 0.1) is 17.8 Å². The molecule has 0 amide bonds. The van der Waals surface area contributed by atoms with E-state index in [4.69, 9.17) is 21.5 Å². The van der Waals surface area contributed by atoms with Crippen LogP contribution in [0.2, 0.25) is 0 Å². The van der Waals surface area contributed by atoms with Crippen LogP contribution in [0.3, 0.4) is 0 Å². The Morgan fingerprint density at radius 3 is 2.80 bits per heavy atom. The maximum Gasteiger partial charge on any atom is 0.345 e. The molecule has 0 atom stereocenters. The fourth-order valence-corrected chi connectivity index (χ4v) is 1.47. The largest absolute Gasteiger partial charge is 0.396 e.